The highest BCUT2D eigenvalue weighted by Gasteiger charge is 2.56. The molecular weight excluding hydrogens is 409 g/mol. The molecule has 0 radical (unpaired) electrons. The number of hydrogen-bond acceptors (Lipinski definition) is 3. The number of halogens is 1. The number of aromatic nitrogens is 2. The average Bonchev–Trinajstić information content (AvgIpc) is 3.69. The topological polar surface area (TPSA) is 51.8 Å². The van der Waals surface area contributed by atoms with E-state index in [4.69, 9.17) is 10.7 Å². The lowest BCUT2D eigenvalue weighted by molar-refractivity contribution is 0.0209. The number of alkyl halides is 1. The van der Waals surface area contributed by atoms with Gasteiger partial charge in [0.25, 0.3) is 0 Å². The summed E-state index contributed by atoms with van der Waals surface area (Å²) < 4.78 is 13.6. The average molecular weight is 438 g/mol. The fraction of sp³-hybridized carbons (Fsp3) is 0.310. The van der Waals surface area contributed by atoms with Gasteiger partial charge in [0.05, 0.1) is 16.9 Å². The highest BCUT2D eigenvalue weighted by molar-refractivity contribution is 5.92. The molecule has 0 saturated heterocycles. The van der Waals surface area contributed by atoms with E-state index in [-0.39, 0.29) is 5.54 Å². The predicted octanol–water partition coefficient (Wildman–Crippen LogP) is 6.80. The largest absolute Gasteiger partial charge is 0.321 e. The fourth-order valence-electron chi connectivity index (χ4n) is 5.94. The molecule has 33 heavy (non-hydrogen) atoms. The first-order valence-electron chi connectivity index (χ1n) is 11.8. The van der Waals surface area contributed by atoms with E-state index in [2.05, 4.69) is 48.3 Å². The number of fused-ring (bicyclic) bond motifs is 1. The second-order valence-electron chi connectivity index (χ2n) is 10.2. The second kappa shape index (κ2) is 7.46. The van der Waals surface area contributed by atoms with Gasteiger partial charge in [0.15, 0.2) is 0 Å². The second-order valence-corrected chi connectivity index (χ2v) is 10.2. The molecule has 2 aliphatic rings. The molecule has 4 heteroatoms. The van der Waals surface area contributed by atoms with Gasteiger partial charge < -0.3 is 5.73 Å². The monoisotopic (exact) mass is 437 g/mol. The number of nitrogens with zero attached hydrogens (tertiary/aromatic N) is 2. The van der Waals surface area contributed by atoms with Crippen LogP contribution < -0.4 is 5.73 Å². The van der Waals surface area contributed by atoms with E-state index in [1.807, 2.05) is 30.3 Å². The third kappa shape index (κ3) is 3.44. The van der Waals surface area contributed by atoms with Crippen LogP contribution >= 0.6 is 0 Å². The third-order valence-corrected chi connectivity index (χ3v) is 7.77. The van der Waals surface area contributed by atoms with Gasteiger partial charge in [-0.05, 0) is 60.3 Å². The van der Waals surface area contributed by atoms with Crippen molar-refractivity contribution >= 4 is 10.9 Å². The minimum atomic E-state index is -0.611. The summed E-state index contributed by atoms with van der Waals surface area (Å²) in [5.74, 6) is 0.868. The van der Waals surface area contributed by atoms with Crippen LogP contribution in [0.3, 0.4) is 0 Å². The van der Waals surface area contributed by atoms with E-state index >= 15 is 0 Å². The van der Waals surface area contributed by atoms with Crippen LogP contribution in [0.4, 0.5) is 4.39 Å². The quantitative estimate of drug-likeness (QED) is 0.374. The summed E-state index contributed by atoms with van der Waals surface area (Å²) in [6.45, 7) is 1.79. The normalized spacial score (nSPS) is 24.6. The molecule has 2 saturated carbocycles. The molecular formula is C29H28FN3. The Morgan fingerprint density at radius 3 is 2.36 bits per heavy atom. The Bertz CT molecular complexity index is 1320. The minimum Gasteiger partial charge on any atom is -0.321 e. The maximum Gasteiger partial charge on any atom is 0.132 e. The molecule has 4 aromatic rings. The van der Waals surface area contributed by atoms with Gasteiger partial charge in [0.1, 0.15) is 6.67 Å². The lowest BCUT2D eigenvalue weighted by atomic mass is 9.54. The molecule has 3 nitrogen and oxygen atoms in total. The predicted molar refractivity (Wildman–Crippen MR) is 131 cm³/mol. The molecule has 0 atom stereocenters. The smallest absolute Gasteiger partial charge is 0.132 e. The first kappa shape index (κ1) is 20.5. The zero-order chi connectivity index (χ0) is 22.6. The van der Waals surface area contributed by atoms with Crippen LogP contribution in [-0.2, 0) is 12.2 Å². The van der Waals surface area contributed by atoms with Gasteiger partial charge in [-0.25, -0.2) is 9.37 Å². The van der Waals surface area contributed by atoms with Gasteiger partial charge in [-0.2, -0.15) is 0 Å². The first-order chi connectivity index (χ1) is 16.0. The van der Waals surface area contributed by atoms with E-state index in [9.17, 15) is 4.39 Å². The van der Waals surface area contributed by atoms with Crippen LogP contribution in [0.15, 0.2) is 72.9 Å². The van der Waals surface area contributed by atoms with Crippen molar-refractivity contribution in [3.05, 3.63) is 84.2 Å². The van der Waals surface area contributed by atoms with Gasteiger partial charge >= 0.3 is 0 Å². The molecule has 2 aromatic heterocycles. The molecule has 0 unspecified atom stereocenters. The van der Waals surface area contributed by atoms with E-state index < -0.39 is 6.67 Å². The Morgan fingerprint density at radius 2 is 1.70 bits per heavy atom. The van der Waals surface area contributed by atoms with E-state index in [1.165, 1.54) is 18.4 Å². The van der Waals surface area contributed by atoms with Crippen LogP contribution in [0.2, 0.25) is 0 Å². The summed E-state index contributed by atoms with van der Waals surface area (Å²) in [6.07, 6.45) is 6.48. The number of pyridine rings is 2. The Morgan fingerprint density at radius 1 is 0.970 bits per heavy atom. The molecule has 0 spiro atoms. The molecule has 2 heterocycles. The van der Waals surface area contributed by atoms with Gasteiger partial charge in [-0.3, -0.25) is 4.98 Å². The van der Waals surface area contributed by atoms with Crippen molar-refractivity contribution in [1.29, 1.82) is 0 Å². The maximum atomic E-state index is 13.6. The fourth-order valence-corrected chi connectivity index (χ4v) is 5.94. The SMILES string of the molecule is CC1(C2CC2)CC(N)(c2ccc(-c3nc4ccnc(CF)c4cc3-c3ccccc3)cc2)C1. The summed E-state index contributed by atoms with van der Waals surface area (Å²) in [5.41, 5.74) is 13.3. The third-order valence-electron chi connectivity index (χ3n) is 7.77. The molecule has 0 amide bonds. The van der Waals surface area contributed by atoms with E-state index in [0.717, 1.165) is 52.0 Å². The Hall–Kier alpha value is -3.11. The summed E-state index contributed by atoms with van der Waals surface area (Å²) >= 11 is 0. The molecule has 6 rings (SSSR count). The molecule has 2 fully saturated rings. The van der Waals surface area contributed by atoms with Crippen molar-refractivity contribution < 1.29 is 4.39 Å². The Balaban J connectivity index is 1.42. The van der Waals surface area contributed by atoms with Crippen LogP contribution in [0.5, 0.6) is 0 Å². The van der Waals surface area contributed by atoms with Crippen LogP contribution in [0, 0.1) is 11.3 Å². The maximum absolute atomic E-state index is 13.6. The summed E-state index contributed by atoms with van der Waals surface area (Å²) in [4.78, 5) is 9.19. The Kier molecular flexibility index (Phi) is 4.63. The summed E-state index contributed by atoms with van der Waals surface area (Å²) in [7, 11) is 0. The van der Waals surface area contributed by atoms with Crippen molar-refractivity contribution in [2.75, 3.05) is 0 Å². The van der Waals surface area contributed by atoms with Crippen molar-refractivity contribution in [3.63, 3.8) is 0 Å². The van der Waals surface area contributed by atoms with Gasteiger partial charge in [-0.1, -0.05) is 61.5 Å². The van der Waals surface area contributed by atoms with E-state index in [1.54, 1.807) is 6.20 Å². The van der Waals surface area contributed by atoms with Gasteiger partial charge in [0.2, 0.25) is 0 Å². The highest BCUT2D eigenvalue weighted by Crippen LogP contribution is 2.62. The number of hydrogen-bond donors (Lipinski definition) is 1. The number of benzene rings is 2. The van der Waals surface area contributed by atoms with Crippen LogP contribution in [-0.4, -0.2) is 9.97 Å². The zero-order valence-electron chi connectivity index (χ0n) is 18.9. The summed E-state index contributed by atoms with van der Waals surface area (Å²) in [6, 6.07) is 22.6. The Labute approximate surface area is 193 Å². The number of rotatable bonds is 5. The van der Waals surface area contributed by atoms with Gasteiger partial charge in [0, 0.05) is 28.2 Å². The molecule has 2 N–H and O–H groups in total. The molecule has 0 aliphatic heterocycles. The van der Waals surface area contributed by atoms with Crippen molar-refractivity contribution in [2.45, 2.75) is 44.8 Å². The van der Waals surface area contributed by atoms with Crippen molar-refractivity contribution in [2.24, 2.45) is 17.1 Å². The van der Waals surface area contributed by atoms with Crippen molar-refractivity contribution in [3.8, 4) is 22.4 Å². The van der Waals surface area contributed by atoms with Crippen molar-refractivity contribution in [1.82, 2.24) is 9.97 Å². The van der Waals surface area contributed by atoms with Crippen LogP contribution in [0.25, 0.3) is 33.3 Å². The van der Waals surface area contributed by atoms with Crippen LogP contribution in [0.1, 0.15) is 43.9 Å². The highest BCUT2D eigenvalue weighted by atomic mass is 19.1. The molecule has 166 valence electrons. The first-order valence-corrected chi connectivity index (χ1v) is 11.8. The minimum absolute atomic E-state index is 0.226. The zero-order valence-corrected chi connectivity index (χ0v) is 18.9. The lowest BCUT2D eigenvalue weighted by Crippen LogP contribution is -2.55. The summed E-state index contributed by atoms with van der Waals surface area (Å²) in [5, 5.41) is 0.758. The lowest BCUT2D eigenvalue weighted by Gasteiger charge is -2.54. The standard InChI is InChI=1S/C29H28FN3/c1-28(21-11-12-21)17-29(31,18-28)22-9-7-20(8-10-22)27-23(19-5-3-2-4-6-19)15-24-25(33-27)13-14-32-26(24)16-30/h2-10,13-15,21H,11-12,16-18,31H2,1H3. The molecule has 2 aliphatic carbocycles. The number of nitrogens with two attached hydrogens (primary N) is 1. The van der Waals surface area contributed by atoms with E-state index in [0.29, 0.717) is 11.1 Å². The molecule has 0 bridgehead atoms. The van der Waals surface area contributed by atoms with Gasteiger partial charge in [-0.15, -0.1) is 0 Å². The molecule has 2 aromatic carbocycles.